The molecule has 3 aliphatic heterocycles. The maximum absolute atomic E-state index is 12.1. The van der Waals surface area contributed by atoms with Gasteiger partial charge in [0.1, 0.15) is 11.6 Å². The molecular formula is C25H31N7O2. The van der Waals surface area contributed by atoms with Crippen LogP contribution in [0.5, 0.6) is 0 Å². The number of rotatable bonds is 6. The Hall–Kier alpha value is -3.20. The Kier molecular flexibility index (Phi) is 5.57. The lowest BCUT2D eigenvalue weighted by atomic mass is 9.81. The zero-order valence-corrected chi connectivity index (χ0v) is 19.5. The Morgan fingerprint density at radius 1 is 1.18 bits per heavy atom. The Morgan fingerprint density at radius 2 is 2.03 bits per heavy atom. The third-order valence-electron chi connectivity index (χ3n) is 7.50. The van der Waals surface area contributed by atoms with Crippen LogP contribution in [0.25, 0.3) is 10.9 Å². The summed E-state index contributed by atoms with van der Waals surface area (Å²) >= 11 is 0. The number of hydrogen-bond acceptors (Lipinski definition) is 8. The third-order valence-corrected chi connectivity index (χ3v) is 7.50. The smallest absolute Gasteiger partial charge is 0.310 e. The van der Waals surface area contributed by atoms with Gasteiger partial charge in [0.05, 0.1) is 18.0 Å². The molecule has 9 heteroatoms. The van der Waals surface area contributed by atoms with Crippen LogP contribution < -0.4 is 10.6 Å². The van der Waals surface area contributed by atoms with Crippen LogP contribution in [0.15, 0.2) is 30.5 Å². The maximum atomic E-state index is 12.1. The van der Waals surface area contributed by atoms with E-state index in [2.05, 4.69) is 36.8 Å². The molecule has 3 aromatic rings. The van der Waals surface area contributed by atoms with Gasteiger partial charge in [0.25, 0.3) is 0 Å². The number of H-pyrrole nitrogens is 1. The first kappa shape index (κ1) is 21.3. The first-order valence-corrected chi connectivity index (χ1v) is 12.4. The molecule has 0 amide bonds. The summed E-state index contributed by atoms with van der Waals surface area (Å²) in [4.78, 5) is 24.2. The monoisotopic (exact) mass is 461 g/mol. The van der Waals surface area contributed by atoms with E-state index in [1.54, 1.807) is 0 Å². The fourth-order valence-electron chi connectivity index (χ4n) is 5.91. The average Bonchev–Trinajstić information content (AvgIpc) is 3.41. The largest absolute Gasteiger partial charge is 0.465 e. The maximum Gasteiger partial charge on any atom is 0.310 e. The minimum absolute atomic E-state index is 0.0158. The number of carbonyl (C=O) groups excluding carboxylic acids is 1. The molecule has 3 aromatic heterocycles. The predicted octanol–water partition coefficient (Wildman–Crippen LogP) is 3.77. The standard InChI is InChI=1S/C25H31N7O2/c1-15-10-23(31-30-15)28-22-13-21-20(6-3-8-26-21)24(29-22)27-17-11-18-4-2-5-19(12-17)32(18)14-16-7-9-34-25(16)33/h3,6,8,10,13,16-19H,2,4-5,7,9,11-12,14H2,1H3,(H3,27,28,29,30,31)/t16-,17?,18-,19+/m0/s1. The number of fused-ring (bicyclic) bond motifs is 3. The van der Waals surface area contributed by atoms with Gasteiger partial charge >= 0.3 is 5.97 Å². The second-order valence-corrected chi connectivity index (χ2v) is 9.89. The molecule has 3 N–H and O–H groups in total. The summed E-state index contributed by atoms with van der Waals surface area (Å²) in [6, 6.07) is 9.27. The van der Waals surface area contributed by atoms with E-state index >= 15 is 0 Å². The van der Waals surface area contributed by atoms with Gasteiger partial charge in [0.2, 0.25) is 0 Å². The lowest BCUT2D eigenvalue weighted by Gasteiger charge is -2.49. The fraction of sp³-hybridized carbons (Fsp3) is 0.520. The number of aromatic amines is 1. The highest BCUT2D eigenvalue weighted by atomic mass is 16.5. The molecule has 3 aliphatic rings. The highest BCUT2D eigenvalue weighted by Crippen LogP contribution is 2.37. The molecule has 178 valence electrons. The Bertz CT molecular complexity index is 1180. The molecule has 0 aliphatic carbocycles. The van der Waals surface area contributed by atoms with Gasteiger partial charge in [0, 0.05) is 54.1 Å². The van der Waals surface area contributed by atoms with Crippen molar-refractivity contribution in [2.45, 2.75) is 63.6 Å². The van der Waals surface area contributed by atoms with Crippen molar-refractivity contribution in [3.05, 3.63) is 36.2 Å². The molecule has 1 unspecified atom stereocenters. The number of nitrogens with zero attached hydrogens (tertiary/aromatic N) is 4. The first-order chi connectivity index (χ1) is 16.6. The van der Waals surface area contributed by atoms with Crippen LogP contribution in [0.3, 0.4) is 0 Å². The Balaban J connectivity index is 1.22. The number of esters is 1. The summed E-state index contributed by atoms with van der Waals surface area (Å²) in [5, 5.41) is 15.3. The zero-order valence-electron chi connectivity index (χ0n) is 19.5. The van der Waals surface area contributed by atoms with E-state index in [0.717, 1.165) is 59.9 Å². The van der Waals surface area contributed by atoms with Crippen LogP contribution >= 0.6 is 0 Å². The highest BCUT2D eigenvalue weighted by molar-refractivity contribution is 5.91. The van der Waals surface area contributed by atoms with Crippen molar-refractivity contribution in [1.29, 1.82) is 0 Å². The molecule has 4 atom stereocenters. The molecule has 3 saturated heterocycles. The van der Waals surface area contributed by atoms with E-state index in [-0.39, 0.29) is 11.9 Å². The first-order valence-electron chi connectivity index (χ1n) is 12.4. The van der Waals surface area contributed by atoms with Gasteiger partial charge in [-0.3, -0.25) is 19.8 Å². The quantitative estimate of drug-likeness (QED) is 0.476. The van der Waals surface area contributed by atoms with Gasteiger partial charge in [-0.15, -0.1) is 0 Å². The summed E-state index contributed by atoms with van der Waals surface area (Å²) < 4.78 is 5.22. The molecule has 3 fully saturated rings. The third kappa shape index (κ3) is 4.20. The van der Waals surface area contributed by atoms with Crippen LogP contribution in [0.1, 0.15) is 44.2 Å². The van der Waals surface area contributed by atoms with Gasteiger partial charge in [-0.1, -0.05) is 6.42 Å². The van der Waals surface area contributed by atoms with Crippen molar-refractivity contribution in [2.75, 3.05) is 23.8 Å². The number of aromatic nitrogens is 4. The summed E-state index contributed by atoms with van der Waals surface area (Å²) in [6.07, 6.45) is 8.41. The summed E-state index contributed by atoms with van der Waals surface area (Å²) in [5.74, 6) is 2.34. The molecular weight excluding hydrogens is 430 g/mol. The Morgan fingerprint density at radius 3 is 2.76 bits per heavy atom. The van der Waals surface area contributed by atoms with Gasteiger partial charge in [-0.05, 0) is 51.2 Å². The number of aryl methyl sites for hydroxylation is 1. The lowest BCUT2D eigenvalue weighted by Crippen LogP contribution is -2.56. The molecule has 6 rings (SSSR count). The minimum Gasteiger partial charge on any atom is -0.465 e. The van der Waals surface area contributed by atoms with E-state index < -0.39 is 0 Å². The van der Waals surface area contributed by atoms with Gasteiger partial charge < -0.3 is 15.4 Å². The van der Waals surface area contributed by atoms with Crippen molar-refractivity contribution in [3.8, 4) is 0 Å². The average molecular weight is 462 g/mol. The van der Waals surface area contributed by atoms with E-state index in [1.165, 1.54) is 19.3 Å². The van der Waals surface area contributed by atoms with Gasteiger partial charge in [-0.25, -0.2) is 4.98 Å². The lowest BCUT2D eigenvalue weighted by molar-refractivity contribution is -0.142. The molecule has 0 aromatic carbocycles. The SMILES string of the molecule is Cc1cc(Nc2cc3ncccc3c(NC3C[C@H]4CCC[C@@H](C3)N4C[C@@H]3CCOC3=O)n2)n[nH]1. The van der Waals surface area contributed by atoms with E-state index in [4.69, 9.17) is 9.72 Å². The number of nitrogens with one attached hydrogen (secondary N) is 3. The molecule has 2 bridgehead atoms. The van der Waals surface area contributed by atoms with Crippen LogP contribution in [-0.4, -0.2) is 62.3 Å². The predicted molar refractivity (Wildman–Crippen MR) is 130 cm³/mol. The van der Waals surface area contributed by atoms with Gasteiger partial charge in [0.15, 0.2) is 5.82 Å². The minimum atomic E-state index is -0.0158. The van der Waals surface area contributed by atoms with Crippen molar-refractivity contribution in [3.63, 3.8) is 0 Å². The van der Waals surface area contributed by atoms with Crippen molar-refractivity contribution in [1.82, 2.24) is 25.1 Å². The number of anilines is 3. The number of piperidine rings is 2. The summed E-state index contributed by atoms with van der Waals surface area (Å²) in [6.45, 7) is 3.39. The second-order valence-electron chi connectivity index (χ2n) is 9.89. The van der Waals surface area contributed by atoms with Crippen LogP contribution in [0.4, 0.5) is 17.5 Å². The Labute approximate surface area is 198 Å². The summed E-state index contributed by atoms with van der Waals surface area (Å²) in [5.41, 5.74) is 1.89. The van der Waals surface area contributed by atoms with E-state index in [1.807, 2.05) is 31.3 Å². The molecule has 0 spiro atoms. The zero-order chi connectivity index (χ0) is 23.1. The van der Waals surface area contributed by atoms with Gasteiger partial charge in [-0.2, -0.15) is 5.10 Å². The van der Waals surface area contributed by atoms with Crippen LogP contribution in [-0.2, 0) is 9.53 Å². The normalized spacial score (nSPS) is 27.0. The van der Waals surface area contributed by atoms with E-state index in [0.29, 0.717) is 24.7 Å². The molecule has 6 heterocycles. The van der Waals surface area contributed by atoms with Crippen LogP contribution in [0.2, 0.25) is 0 Å². The summed E-state index contributed by atoms with van der Waals surface area (Å²) in [7, 11) is 0. The second kappa shape index (κ2) is 8.87. The topological polar surface area (TPSA) is 108 Å². The number of carbonyl (C=O) groups is 1. The van der Waals surface area contributed by atoms with Crippen molar-refractivity contribution in [2.24, 2.45) is 5.92 Å². The number of hydrogen-bond donors (Lipinski definition) is 3. The molecule has 0 saturated carbocycles. The highest BCUT2D eigenvalue weighted by Gasteiger charge is 2.41. The van der Waals surface area contributed by atoms with Crippen molar-refractivity contribution >= 4 is 34.3 Å². The fourth-order valence-corrected chi connectivity index (χ4v) is 5.91. The molecule has 0 radical (unpaired) electrons. The molecule has 34 heavy (non-hydrogen) atoms. The van der Waals surface area contributed by atoms with E-state index in [9.17, 15) is 4.79 Å². The number of cyclic esters (lactones) is 1. The van der Waals surface area contributed by atoms with Crippen molar-refractivity contribution < 1.29 is 9.53 Å². The number of ether oxygens (including phenoxy) is 1. The van der Waals surface area contributed by atoms with Crippen LogP contribution in [0, 0.1) is 12.8 Å². The number of pyridine rings is 2. The molecule has 9 nitrogen and oxygen atoms in total.